The Balaban J connectivity index is 1.50. The van der Waals surface area contributed by atoms with Crippen LogP contribution >= 0.6 is 0 Å². The molecule has 0 amide bonds. The van der Waals surface area contributed by atoms with Gasteiger partial charge in [-0.25, -0.2) is 9.97 Å². The van der Waals surface area contributed by atoms with E-state index in [4.69, 9.17) is 9.97 Å². The molecule has 1 aromatic heterocycles. The van der Waals surface area contributed by atoms with Crippen molar-refractivity contribution in [3.8, 4) is 45.0 Å². The van der Waals surface area contributed by atoms with Gasteiger partial charge < -0.3 is 0 Å². The van der Waals surface area contributed by atoms with E-state index in [1.807, 2.05) is 24.3 Å². The van der Waals surface area contributed by atoms with Crippen LogP contribution in [0.1, 0.15) is 51.3 Å². The lowest BCUT2D eigenvalue weighted by atomic mass is 9.78. The number of hydrogen-bond acceptors (Lipinski definition) is 2. The smallest absolute Gasteiger partial charge is 0.160 e. The first-order valence-corrected chi connectivity index (χ1v) is 13.0. The third-order valence-electron chi connectivity index (χ3n) is 7.67. The largest absolute Gasteiger partial charge is 0.228 e. The van der Waals surface area contributed by atoms with Crippen LogP contribution in [0.15, 0.2) is 103 Å². The molecule has 1 heterocycles. The Bertz CT molecular complexity index is 1550. The van der Waals surface area contributed by atoms with Crippen molar-refractivity contribution < 1.29 is 0 Å². The van der Waals surface area contributed by atoms with Gasteiger partial charge in [0.25, 0.3) is 0 Å². The summed E-state index contributed by atoms with van der Waals surface area (Å²) in [5.41, 5.74) is 11.9. The molecule has 0 unspecified atom stereocenters. The van der Waals surface area contributed by atoms with E-state index in [0.29, 0.717) is 0 Å². The second kappa shape index (κ2) is 8.52. The molecule has 0 radical (unpaired) electrons. The first kappa shape index (κ1) is 23.4. The Hall–Kier alpha value is -4.04. The summed E-state index contributed by atoms with van der Waals surface area (Å²) in [7, 11) is 0. The van der Waals surface area contributed by atoms with Gasteiger partial charge in [0.2, 0.25) is 0 Å². The lowest BCUT2D eigenvalue weighted by Gasteiger charge is -2.25. The van der Waals surface area contributed by atoms with Crippen LogP contribution in [0.25, 0.3) is 45.0 Å². The maximum atomic E-state index is 5.06. The Kier molecular flexibility index (Phi) is 5.38. The molecule has 5 aromatic rings. The minimum absolute atomic E-state index is 0.0838. The maximum absolute atomic E-state index is 5.06. The second-order valence-electron chi connectivity index (χ2n) is 11.6. The van der Waals surface area contributed by atoms with Gasteiger partial charge in [0.1, 0.15) is 0 Å². The molecule has 0 saturated carbocycles. The van der Waals surface area contributed by atoms with Crippen molar-refractivity contribution in [3.05, 3.63) is 120 Å². The number of fused-ring (bicyclic) bond motifs is 3. The summed E-state index contributed by atoms with van der Waals surface area (Å²) in [5.74, 6) is 0.745. The first-order valence-electron chi connectivity index (χ1n) is 13.0. The lowest BCUT2D eigenvalue weighted by Crippen LogP contribution is -2.17. The van der Waals surface area contributed by atoms with Gasteiger partial charge in [0.15, 0.2) is 5.82 Å². The summed E-state index contributed by atoms with van der Waals surface area (Å²) in [5, 5.41) is 0. The summed E-state index contributed by atoms with van der Waals surface area (Å²) in [6.07, 6.45) is 0. The van der Waals surface area contributed by atoms with Gasteiger partial charge in [-0.1, -0.05) is 126 Å². The van der Waals surface area contributed by atoms with E-state index in [1.54, 1.807) is 0 Å². The van der Waals surface area contributed by atoms with E-state index in [9.17, 15) is 0 Å². The highest BCUT2D eigenvalue weighted by molar-refractivity contribution is 5.84. The van der Waals surface area contributed by atoms with E-state index in [1.165, 1.54) is 27.8 Å². The van der Waals surface area contributed by atoms with Crippen LogP contribution in [0.3, 0.4) is 0 Å². The molecular weight excluding hydrogens is 448 g/mol. The molecule has 2 heteroatoms. The molecule has 0 bridgehead atoms. The van der Waals surface area contributed by atoms with Gasteiger partial charge in [-0.3, -0.25) is 0 Å². The quantitative estimate of drug-likeness (QED) is 0.257. The summed E-state index contributed by atoms with van der Waals surface area (Å²) in [4.78, 5) is 10.0. The second-order valence-corrected chi connectivity index (χ2v) is 11.6. The van der Waals surface area contributed by atoms with E-state index in [-0.39, 0.29) is 10.8 Å². The van der Waals surface area contributed by atoms with Gasteiger partial charge in [0, 0.05) is 22.1 Å². The van der Waals surface area contributed by atoms with Crippen molar-refractivity contribution in [1.29, 1.82) is 0 Å². The SMILES string of the molecule is CC(C)(C)c1ccc2c(c1)C(C)(C)c1cc(-c3cc(-c4ccccc4)nc(-c4ccccc4)n3)ccc1-2. The molecule has 37 heavy (non-hydrogen) atoms. The normalized spacial score (nSPS) is 13.8. The molecule has 0 fully saturated rings. The summed E-state index contributed by atoms with van der Waals surface area (Å²) in [6, 6.07) is 36.6. The minimum Gasteiger partial charge on any atom is -0.228 e. The van der Waals surface area contributed by atoms with E-state index in [2.05, 4.69) is 113 Å². The van der Waals surface area contributed by atoms with Crippen molar-refractivity contribution in [1.82, 2.24) is 9.97 Å². The van der Waals surface area contributed by atoms with Gasteiger partial charge in [0.05, 0.1) is 11.4 Å². The van der Waals surface area contributed by atoms with Crippen LogP contribution < -0.4 is 0 Å². The Morgan fingerprint density at radius 1 is 0.541 bits per heavy atom. The van der Waals surface area contributed by atoms with Crippen molar-refractivity contribution in [2.24, 2.45) is 0 Å². The highest BCUT2D eigenvalue weighted by atomic mass is 14.9. The summed E-state index contributed by atoms with van der Waals surface area (Å²) in [6.45, 7) is 11.5. The Morgan fingerprint density at radius 3 is 1.70 bits per heavy atom. The van der Waals surface area contributed by atoms with Crippen LogP contribution in [0.5, 0.6) is 0 Å². The average Bonchev–Trinajstić information content (AvgIpc) is 3.14. The van der Waals surface area contributed by atoms with E-state index < -0.39 is 0 Å². The minimum atomic E-state index is -0.0838. The zero-order valence-electron chi connectivity index (χ0n) is 22.2. The average molecular weight is 481 g/mol. The molecule has 1 aliphatic rings. The fourth-order valence-electron chi connectivity index (χ4n) is 5.43. The van der Waals surface area contributed by atoms with Crippen LogP contribution in [0, 0.1) is 0 Å². The predicted octanol–water partition coefficient (Wildman–Crippen LogP) is 9.08. The third kappa shape index (κ3) is 4.07. The van der Waals surface area contributed by atoms with Crippen molar-refractivity contribution in [2.75, 3.05) is 0 Å². The highest BCUT2D eigenvalue weighted by Crippen LogP contribution is 2.50. The van der Waals surface area contributed by atoms with Crippen LogP contribution in [0.4, 0.5) is 0 Å². The molecule has 0 aliphatic heterocycles. The molecule has 0 N–H and O–H groups in total. The summed E-state index contributed by atoms with van der Waals surface area (Å²) >= 11 is 0. The standard InChI is InChI=1S/C35H32N2/c1-34(2,3)26-17-19-28-27-18-16-25(20-29(27)35(4,5)30(28)21-26)32-22-31(23-12-8-6-9-13-23)36-33(37-32)24-14-10-7-11-15-24/h6-22H,1-5H3. The van der Waals surface area contributed by atoms with E-state index >= 15 is 0 Å². The van der Waals surface area contributed by atoms with Gasteiger partial charge in [-0.2, -0.15) is 0 Å². The number of benzene rings is 4. The Labute approximate surface area is 220 Å². The first-order chi connectivity index (χ1) is 17.7. The lowest BCUT2D eigenvalue weighted by molar-refractivity contribution is 0.584. The maximum Gasteiger partial charge on any atom is 0.160 e. The monoisotopic (exact) mass is 480 g/mol. The number of rotatable bonds is 3. The molecule has 0 spiro atoms. The number of nitrogens with zero attached hydrogens (tertiary/aromatic N) is 2. The van der Waals surface area contributed by atoms with Crippen molar-refractivity contribution >= 4 is 0 Å². The molecule has 182 valence electrons. The summed E-state index contributed by atoms with van der Waals surface area (Å²) < 4.78 is 0. The van der Waals surface area contributed by atoms with Crippen molar-refractivity contribution in [2.45, 2.75) is 45.4 Å². The Morgan fingerprint density at radius 2 is 1.08 bits per heavy atom. The topological polar surface area (TPSA) is 25.8 Å². The third-order valence-corrected chi connectivity index (χ3v) is 7.67. The molecule has 6 rings (SSSR count). The van der Waals surface area contributed by atoms with Crippen LogP contribution in [0.2, 0.25) is 0 Å². The predicted molar refractivity (Wildman–Crippen MR) is 155 cm³/mol. The zero-order chi connectivity index (χ0) is 25.8. The number of aromatic nitrogens is 2. The van der Waals surface area contributed by atoms with Crippen LogP contribution in [-0.2, 0) is 10.8 Å². The van der Waals surface area contributed by atoms with Crippen molar-refractivity contribution in [3.63, 3.8) is 0 Å². The zero-order valence-corrected chi connectivity index (χ0v) is 22.2. The highest BCUT2D eigenvalue weighted by Gasteiger charge is 2.36. The molecule has 2 nitrogen and oxygen atoms in total. The fourth-order valence-corrected chi connectivity index (χ4v) is 5.43. The molecular formula is C35H32N2. The van der Waals surface area contributed by atoms with Crippen LogP contribution in [-0.4, -0.2) is 9.97 Å². The molecule has 0 atom stereocenters. The van der Waals surface area contributed by atoms with E-state index in [0.717, 1.165) is 33.9 Å². The molecule has 4 aromatic carbocycles. The van der Waals surface area contributed by atoms with Gasteiger partial charge >= 0.3 is 0 Å². The molecule has 0 saturated heterocycles. The van der Waals surface area contributed by atoms with Gasteiger partial charge in [-0.15, -0.1) is 0 Å². The molecule has 1 aliphatic carbocycles. The van der Waals surface area contributed by atoms with Gasteiger partial charge in [-0.05, 0) is 45.4 Å². The fraction of sp³-hybridized carbons (Fsp3) is 0.200. The number of hydrogen-bond donors (Lipinski definition) is 0.